The molecule has 8 nitrogen and oxygen atoms in total. The Balaban J connectivity index is 1.84. The van der Waals surface area contributed by atoms with Crippen LogP contribution >= 0.6 is 0 Å². The molecule has 0 unspecified atom stereocenters. The van der Waals surface area contributed by atoms with E-state index in [9.17, 15) is 4.79 Å². The van der Waals surface area contributed by atoms with Gasteiger partial charge in [-0.15, -0.1) is 5.10 Å². The Morgan fingerprint density at radius 3 is 2.96 bits per heavy atom. The van der Waals surface area contributed by atoms with Gasteiger partial charge in [-0.05, 0) is 25.5 Å². The van der Waals surface area contributed by atoms with Gasteiger partial charge in [0.1, 0.15) is 6.26 Å². The first-order valence-electron chi connectivity index (χ1n) is 7.68. The van der Waals surface area contributed by atoms with Gasteiger partial charge in [-0.2, -0.15) is 0 Å². The van der Waals surface area contributed by atoms with Crippen LogP contribution in [0.5, 0.6) is 0 Å². The first kappa shape index (κ1) is 15.9. The summed E-state index contributed by atoms with van der Waals surface area (Å²) in [7, 11) is 0. The van der Waals surface area contributed by atoms with Crippen LogP contribution in [0.3, 0.4) is 0 Å². The number of pyridine rings is 1. The SMILES string of the molecule is CCOC(=O)c1coc(-c2cn([C@H](CC)c3ccccn3)nn2)n1. The van der Waals surface area contributed by atoms with Gasteiger partial charge in [-0.25, -0.2) is 14.5 Å². The van der Waals surface area contributed by atoms with Crippen LogP contribution in [0.25, 0.3) is 11.6 Å². The smallest absolute Gasteiger partial charge is 0.360 e. The molecule has 1 atom stereocenters. The second-order valence-corrected chi connectivity index (χ2v) is 5.02. The molecule has 0 radical (unpaired) electrons. The molecule has 124 valence electrons. The van der Waals surface area contributed by atoms with E-state index in [1.807, 2.05) is 25.1 Å². The number of ether oxygens (including phenoxy) is 1. The van der Waals surface area contributed by atoms with E-state index in [-0.39, 0.29) is 24.2 Å². The van der Waals surface area contributed by atoms with Crippen LogP contribution in [0.1, 0.15) is 42.5 Å². The Labute approximate surface area is 138 Å². The van der Waals surface area contributed by atoms with Crippen molar-refractivity contribution in [3.63, 3.8) is 0 Å². The zero-order valence-electron chi connectivity index (χ0n) is 13.4. The van der Waals surface area contributed by atoms with Crippen molar-refractivity contribution in [2.24, 2.45) is 0 Å². The van der Waals surface area contributed by atoms with Crippen molar-refractivity contribution in [2.45, 2.75) is 26.3 Å². The third-order valence-corrected chi connectivity index (χ3v) is 3.45. The molecule has 0 aromatic carbocycles. The van der Waals surface area contributed by atoms with Gasteiger partial charge in [-0.3, -0.25) is 4.98 Å². The van der Waals surface area contributed by atoms with Crippen LogP contribution in [-0.4, -0.2) is 37.5 Å². The fourth-order valence-corrected chi connectivity index (χ4v) is 2.32. The topological polar surface area (TPSA) is 95.9 Å². The molecule has 0 aliphatic heterocycles. The van der Waals surface area contributed by atoms with Gasteiger partial charge in [0.25, 0.3) is 0 Å². The van der Waals surface area contributed by atoms with Crippen molar-refractivity contribution in [3.8, 4) is 11.6 Å². The number of esters is 1. The third kappa shape index (κ3) is 3.17. The summed E-state index contributed by atoms with van der Waals surface area (Å²) in [6.07, 6.45) is 5.53. The Kier molecular flexibility index (Phi) is 4.64. The molecule has 3 heterocycles. The Hall–Kier alpha value is -3.03. The highest BCUT2D eigenvalue weighted by Crippen LogP contribution is 2.22. The fraction of sp³-hybridized carbons (Fsp3) is 0.312. The van der Waals surface area contributed by atoms with Gasteiger partial charge in [0, 0.05) is 6.20 Å². The number of nitrogens with zero attached hydrogens (tertiary/aromatic N) is 5. The highest BCUT2D eigenvalue weighted by Gasteiger charge is 2.19. The third-order valence-electron chi connectivity index (χ3n) is 3.45. The molecule has 0 saturated heterocycles. The summed E-state index contributed by atoms with van der Waals surface area (Å²) >= 11 is 0. The lowest BCUT2D eigenvalue weighted by Gasteiger charge is -2.13. The van der Waals surface area contributed by atoms with Crippen molar-refractivity contribution in [3.05, 3.63) is 48.2 Å². The maximum absolute atomic E-state index is 11.6. The summed E-state index contributed by atoms with van der Waals surface area (Å²) in [4.78, 5) is 20.1. The van der Waals surface area contributed by atoms with Gasteiger partial charge in [0.05, 0.1) is 24.5 Å². The van der Waals surface area contributed by atoms with Gasteiger partial charge in [-0.1, -0.05) is 18.2 Å². The van der Waals surface area contributed by atoms with Crippen LogP contribution in [0, 0.1) is 0 Å². The number of rotatable bonds is 6. The first-order valence-corrected chi connectivity index (χ1v) is 7.68. The molecule has 0 bridgehead atoms. The van der Waals surface area contributed by atoms with Crippen LogP contribution in [0.15, 0.2) is 41.3 Å². The van der Waals surface area contributed by atoms with Gasteiger partial charge in [0.15, 0.2) is 11.4 Å². The minimum Gasteiger partial charge on any atom is -0.461 e. The van der Waals surface area contributed by atoms with Gasteiger partial charge >= 0.3 is 5.97 Å². The van der Waals surface area contributed by atoms with Crippen molar-refractivity contribution in [1.82, 2.24) is 25.0 Å². The molecule has 0 aliphatic rings. The molecule has 0 amide bonds. The molecule has 0 spiro atoms. The Morgan fingerprint density at radius 2 is 2.25 bits per heavy atom. The zero-order valence-corrected chi connectivity index (χ0v) is 13.4. The molecule has 0 fully saturated rings. The lowest BCUT2D eigenvalue weighted by Crippen LogP contribution is -2.11. The lowest BCUT2D eigenvalue weighted by molar-refractivity contribution is 0.0519. The maximum atomic E-state index is 11.6. The van der Waals surface area contributed by atoms with Crippen LogP contribution in [-0.2, 0) is 4.74 Å². The number of oxazole rings is 1. The number of hydrogen-bond donors (Lipinski definition) is 0. The molecular weight excluding hydrogens is 310 g/mol. The molecule has 3 aromatic heterocycles. The normalized spacial score (nSPS) is 12.1. The number of carbonyl (C=O) groups excluding carboxylic acids is 1. The summed E-state index contributed by atoms with van der Waals surface area (Å²) < 4.78 is 11.9. The molecule has 3 aromatic rings. The van der Waals surface area contributed by atoms with Crippen molar-refractivity contribution < 1.29 is 13.9 Å². The van der Waals surface area contributed by atoms with Crippen molar-refractivity contribution in [1.29, 1.82) is 0 Å². The Morgan fingerprint density at radius 1 is 1.38 bits per heavy atom. The average Bonchev–Trinajstić information content (AvgIpc) is 3.26. The van der Waals surface area contributed by atoms with E-state index in [1.54, 1.807) is 24.0 Å². The van der Waals surface area contributed by atoms with E-state index in [4.69, 9.17) is 9.15 Å². The molecule has 3 rings (SSSR count). The number of carbonyl (C=O) groups is 1. The largest absolute Gasteiger partial charge is 0.461 e. The monoisotopic (exact) mass is 327 g/mol. The number of aromatic nitrogens is 5. The summed E-state index contributed by atoms with van der Waals surface area (Å²) in [5, 5.41) is 8.22. The molecule has 0 N–H and O–H groups in total. The summed E-state index contributed by atoms with van der Waals surface area (Å²) in [6, 6.07) is 5.71. The molecule has 8 heteroatoms. The summed E-state index contributed by atoms with van der Waals surface area (Å²) in [5.74, 6) is -0.306. The Bertz CT molecular complexity index is 812. The van der Waals surface area contributed by atoms with E-state index >= 15 is 0 Å². The second kappa shape index (κ2) is 7.03. The summed E-state index contributed by atoms with van der Waals surface area (Å²) in [6.45, 7) is 4.05. The number of hydrogen-bond acceptors (Lipinski definition) is 7. The van der Waals surface area contributed by atoms with Crippen LogP contribution in [0.2, 0.25) is 0 Å². The zero-order chi connectivity index (χ0) is 16.9. The highest BCUT2D eigenvalue weighted by molar-refractivity contribution is 5.87. The average molecular weight is 327 g/mol. The maximum Gasteiger partial charge on any atom is 0.360 e. The van der Waals surface area contributed by atoms with E-state index in [2.05, 4.69) is 20.3 Å². The van der Waals surface area contributed by atoms with Gasteiger partial charge in [0.2, 0.25) is 5.89 Å². The van der Waals surface area contributed by atoms with E-state index < -0.39 is 5.97 Å². The molecular formula is C16H17N5O3. The van der Waals surface area contributed by atoms with E-state index in [1.165, 1.54) is 6.26 Å². The molecule has 0 saturated carbocycles. The van der Waals surface area contributed by atoms with Crippen molar-refractivity contribution in [2.75, 3.05) is 6.61 Å². The van der Waals surface area contributed by atoms with E-state index in [0.29, 0.717) is 5.69 Å². The highest BCUT2D eigenvalue weighted by atomic mass is 16.5. The van der Waals surface area contributed by atoms with Gasteiger partial charge < -0.3 is 9.15 Å². The van der Waals surface area contributed by atoms with Crippen LogP contribution in [0.4, 0.5) is 0 Å². The predicted octanol–water partition coefficient (Wildman–Crippen LogP) is 2.50. The minimum atomic E-state index is -0.528. The standard InChI is InChI=1S/C16H17N5O3/c1-3-14(11-7-5-6-8-17-11)21-9-12(19-20-21)15-18-13(10-24-15)16(22)23-4-2/h5-10,14H,3-4H2,1-2H3/t14-/m1/s1. The minimum absolute atomic E-state index is 0.0352. The second-order valence-electron chi connectivity index (χ2n) is 5.02. The molecule has 0 aliphatic carbocycles. The first-order chi connectivity index (χ1) is 11.7. The quantitative estimate of drug-likeness (QED) is 0.642. The van der Waals surface area contributed by atoms with E-state index in [0.717, 1.165) is 12.1 Å². The molecule has 24 heavy (non-hydrogen) atoms. The summed E-state index contributed by atoms with van der Waals surface area (Å²) in [5.41, 5.74) is 1.45. The predicted molar refractivity (Wildman–Crippen MR) is 84.1 cm³/mol. The van der Waals surface area contributed by atoms with Crippen molar-refractivity contribution >= 4 is 5.97 Å². The fourth-order valence-electron chi connectivity index (χ4n) is 2.32. The lowest BCUT2D eigenvalue weighted by atomic mass is 10.1. The van der Waals surface area contributed by atoms with Crippen LogP contribution < -0.4 is 0 Å².